The summed E-state index contributed by atoms with van der Waals surface area (Å²) in [5.41, 5.74) is 1.94. The lowest BCUT2D eigenvalue weighted by atomic mass is 10.2. The number of nitrogens with zero attached hydrogens (tertiary/aromatic N) is 1. The van der Waals surface area contributed by atoms with Crippen LogP contribution in [-0.2, 0) is 13.1 Å². The normalized spacial score (nSPS) is 10.8. The summed E-state index contributed by atoms with van der Waals surface area (Å²) in [4.78, 5) is 4.35. The lowest BCUT2D eigenvalue weighted by Crippen LogP contribution is -2.13. The second-order valence-electron chi connectivity index (χ2n) is 3.70. The molecule has 17 heavy (non-hydrogen) atoms. The molecule has 0 aliphatic rings. The minimum Gasteiger partial charge on any atom is -0.307 e. The highest BCUT2D eigenvalue weighted by atomic mass is 79.9. The smallest absolute Gasteiger partial charge is 0.123 e. The molecule has 0 aliphatic carbocycles. The third-order valence-corrected chi connectivity index (χ3v) is 3.89. The topological polar surface area (TPSA) is 24.9 Å². The highest BCUT2D eigenvalue weighted by Crippen LogP contribution is 2.17. The Balaban J connectivity index is 1.91. The largest absolute Gasteiger partial charge is 0.307 e. The maximum absolute atomic E-state index is 13.0. The minimum absolute atomic E-state index is 0.213. The Labute approximate surface area is 112 Å². The summed E-state index contributed by atoms with van der Waals surface area (Å²) in [6, 6.07) is 4.69. The average Bonchev–Trinajstić information content (AvgIpc) is 2.69. The number of thiazole rings is 1. The molecule has 2 nitrogen and oxygen atoms in total. The lowest BCUT2D eigenvalue weighted by Gasteiger charge is -2.05. The molecule has 1 heterocycles. The fraction of sp³-hybridized carbons (Fsp3) is 0.250. The number of hydrogen-bond donors (Lipinski definition) is 1. The molecule has 1 aromatic heterocycles. The molecule has 0 saturated carbocycles. The second-order valence-corrected chi connectivity index (χ2v) is 5.61. The van der Waals surface area contributed by atoms with Crippen molar-refractivity contribution < 1.29 is 4.39 Å². The Kier molecular flexibility index (Phi) is 4.25. The van der Waals surface area contributed by atoms with E-state index in [1.54, 1.807) is 17.4 Å². The zero-order valence-electron chi connectivity index (χ0n) is 9.34. The molecule has 0 atom stereocenters. The van der Waals surface area contributed by atoms with Crippen LogP contribution in [-0.4, -0.2) is 4.98 Å². The summed E-state index contributed by atoms with van der Waals surface area (Å²) < 4.78 is 14.0. The molecule has 0 aliphatic heterocycles. The van der Waals surface area contributed by atoms with Gasteiger partial charge in [-0.25, -0.2) is 9.37 Å². The Morgan fingerprint density at radius 1 is 1.41 bits per heavy atom. The van der Waals surface area contributed by atoms with Crippen LogP contribution in [0, 0.1) is 12.7 Å². The second kappa shape index (κ2) is 5.71. The highest BCUT2D eigenvalue weighted by molar-refractivity contribution is 9.10. The third-order valence-electron chi connectivity index (χ3n) is 2.30. The van der Waals surface area contributed by atoms with Crippen molar-refractivity contribution in [1.82, 2.24) is 10.3 Å². The summed E-state index contributed by atoms with van der Waals surface area (Å²) in [6.07, 6.45) is 0. The molecule has 0 unspecified atom stereocenters. The monoisotopic (exact) mass is 314 g/mol. The van der Waals surface area contributed by atoms with E-state index in [-0.39, 0.29) is 5.82 Å². The number of benzene rings is 1. The van der Waals surface area contributed by atoms with Crippen LogP contribution in [0.2, 0.25) is 0 Å². The van der Waals surface area contributed by atoms with Gasteiger partial charge in [0, 0.05) is 22.9 Å². The van der Waals surface area contributed by atoms with Gasteiger partial charge in [0.05, 0.1) is 10.7 Å². The van der Waals surface area contributed by atoms with E-state index in [0.29, 0.717) is 13.1 Å². The van der Waals surface area contributed by atoms with Gasteiger partial charge in [0.2, 0.25) is 0 Å². The van der Waals surface area contributed by atoms with Crippen LogP contribution in [0.25, 0.3) is 0 Å². The van der Waals surface area contributed by atoms with Crippen LogP contribution in [0.1, 0.15) is 16.3 Å². The predicted octanol–water partition coefficient (Wildman–Crippen LogP) is 3.64. The molecule has 0 radical (unpaired) electrons. The van der Waals surface area contributed by atoms with Crippen LogP contribution in [0.5, 0.6) is 0 Å². The van der Waals surface area contributed by atoms with Gasteiger partial charge in [0.25, 0.3) is 0 Å². The van der Waals surface area contributed by atoms with Crippen molar-refractivity contribution in [3.8, 4) is 0 Å². The number of aromatic nitrogens is 1. The molecule has 5 heteroatoms. The van der Waals surface area contributed by atoms with E-state index in [1.165, 1.54) is 12.1 Å². The van der Waals surface area contributed by atoms with E-state index in [4.69, 9.17) is 0 Å². The summed E-state index contributed by atoms with van der Waals surface area (Å²) in [5, 5.41) is 6.34. The molecular weight excluding hydrogens is 303 g/mol. The van der Waals surface area contributed by atoms with E-state index < -0.39 is 0 Å². The van der Waals surface area contributed by atoms with E-state index in [0.717, 1.165) is 20.7 Å². The number of rotatable bonds is 4. The number of nitrogens with one attached hydrogen (secondary N) is 1. The molecule has 2 rings (SSSR count). The minimum atomic E-state index is -0.213. The van der Waals surface area contributed by atoms with Crippen LogP contribution in [0.15, 0.2) is 28.1 Å². The highest BCUT2D eigenvalue weighted by Gasteiger charge is 2.02. The van der Waals surface area contributed by atoms with Gasteiger partial charge < -0.3 is 5.32 Å². The first kappa shape index (κ1) is 12.7. The van der Waals surface area contributed by atoms with Crippen molar-refractivity contribution in [2.75, 3.05) is 0 Å². The maximum atomic E-state index is 13.0. The first-order valence-electron chi connectivity index (χ1n) is 5.21. The number of aryl methyl sites for hydroxylation is 1. The van der Waals surface area contributed by atoms with E-state index in [9.17, 15) is 4.39 Å². The van der Waals surface area contributed by atoms with Gasteiger partial charge in [-0.05, 0) is 30.7 Å². The molecule has 1 aromatic carbocycles. The van der Waals surface area contributed by atoms with Gasteiger partial charge >= 0.3 is 0 Å². The number of halogens is 2. The van der Waals surface area contributed by atoms with E-state index in [2.05, 4.69) is 26.2 Å². The molecule has 90 valence electrons. The van der Waals surface area contributed by atoms with Gasteiger partial charge in [0.15, 0.2) is 0 Å². The first-order valence-corrected chi connectivity index (χ1v) is 6.88. The Morgan fingerprint density at radius 2 is 2.24 bits per heavy atom. The average molecular weight is 315 g/mol. The van der Waals surface area contributed by atoms with E-state index >= 15 is 0 Å². The fourth-order valence-electron chi connectivity index (χ4n) is 1.49. The van der Waals surface area contributed by atoms with Crippen molar-refractivity contribution in [3.63, 3.8) is 0 Å². The van der Waals surface area contributed by atoms with Gasteiger partial charge in [-0.1, -0.05) is 15.9 Å². The van der Waals surface area contributed by atoms with Crippen molar-refractivity contribution >= 4 is 27.3 Å². The lowest BCUT2D eigenvalue weighted by molar-refractivity contribution is 0.618. The SMILES string of the molecule is Cc1nc(CNCc2cc(F)ccc2Br)cs1. The van der Waals surface area contributed by atoms with Gasteiger partial charge in [-0.2, -0.15) is 0 Å². The standard InChI is InChI=1S/C12H12BrFN2S/c1-8-16-11(7-17-8)6-15-5-9-4-10(14)2-3-12(9)13/h2-4,7,15H,5-6H2,1H3. The quantitative estimate of drug-likeness (QED) is 0.932. The van der Waals surface area contributed by atoms with E-state index in [1.807, 2.05) is 12.3 Å². The summed E-state index contributed by atoms with van der Waals surface area (Å²) >= 11 is 5.04. The van der Waals surface area contributed by atoms with Crippen LogP contribution in [0.4, 0.5) is 4.39 Å². The Bertz CT molecular complexity index is 513. The predicted molar refractivity (Wildman–Crippen MR) is 71.5 cm³/mol. The van der Waals surface area contributed by atoms with Crippen molar-refractivity contribution in [2.24, 2.45) is 0 Å². The van der Waals surface area contributed by atoms with Crippen molar-refractivity contribution in [2.45, 2.75) is 20.0 Å². The molecule has 0 spiro atoms. The van der Waals surface area contributed by atoms with Crippen LogP contribution >= 0.6 is 27.3 Å². The molecule has 0 bridgehead atoms. The summed E-state index contributed by atoms with van der Waals surface area (Å²) in [7, 11) is 0. The molecule has 2 aromatic rings. The van der Waals surface area contributed by atoms with Gasteiger partial charge in [0.1, 0.15) is 5.82 Å². The Morgan fingerprint density at radius 3 is 2.94 bits per heavy atom. The van der Waals surface area contributed by atoms with Gasteiger partial charge in [-0.15, -0.1) is 11.3 Å². The number of hydrogen-bond acceptors (Lipinski definition) is 3. The molecule has 0 amide bonds. The van der Waals surface area contributed by atoms with Crippen LogP contribution < -0.4 is 5.32 Å². The van der Waals surface area contributed by atoms with Gasteiger partial charge in [-0.3, -0.25) is 0 Å². The van der Waals surface area contributed by atoms with Crippen LogP contribution in [0.3, 0.4) is 0 Å². The zero-order chi connectivity index (χ0) is 12.3. The fourth-order valence-corrected chi connectivity index (χ4v) is 2.49. The third kappa shape index (κ3) is 3.59. The molecule has 0 saturated heterocycles. The summed E-state index contributed by atoms with van der Waals surface area (Å²) in [6.45, 7) is 3.31. The molecule has 0 fully saturated rings. The summed E-state index contributed by atoms with van der Waals surface area (Å²) in [5.74, 6) is -0.213. The Hall–Kier alpha value is -0.780. The molecular formula is C12H12BrFN2S. The molecule has 1 N–H and O–H groups in total. The zero-order valence-corrected chi connectivity index (χ0v) is 11.7. The maximum Gasteiger partial charge on any atom is 0.123 e. The van der Waals surface area contributed by atoms with Crippen molar-refractivity contribution in [3.05, 3.63) is 50.1 Å². The first-order chi connectivity index (χ1) is 8.15. The van der Waals surface area contributed by atoms with Crippen molar-refractivity contribution in [1.29, 1.82) is 0 Å².